The van der Waals surface area contributed by atoms with Gasteiger partial charge in [-0.2, -0.15) is 0 Å². The molecule has 0 saturated heterocycles. The second-order valence-electron chi connectivity index (χ2n) is 13.5. The predicted octanol–water partition coefficient (Wildman–Crippen LogP) is 8.62. The molecule has 48 heavy (non-hydrogen) atoms. The molecule has 10 heteroatoms. The standard InChI is InChI=1S/C38H42FN5O3S/c1-37(2)15-4-5-16-38(3,26-10-6-8-24(18-26)12-13-34(45)46)33-23-48-36(43-33)25-9-7-11-27(19-25)47-35-29(21-44(41)22-32(37)40)28-14-17-42-31(28)20-30(35)39/h6-11,14,17-20,22-23,42H,4-5,12-13,15-16,21,40-41H2,1-3H3,(H,45,46)/b32-22-. The maximum atomic E-state index is 15.7. The zero-order valence-corrected chi connectivity index (χ0v) is 28.4. The van der Waals surface area contributed by atoms with E-state index in [1.807, 2.05) is 36.4 Å². The van der Waals surface area contributed by atoms with E-state index in [0.717, 1.165) is 58.5 Å². The van der Waals surface area contributed by atoms with Crippen molar-refractivity contribution in [2.24, 2.45) is 17.0 Å². The number of halogens is 1. The molecule has 6 N–H and O–H groups in total. The molecule has 0 fully saturated rings. The lowest BCUT2D eigenvalue weighted by Gasteiger charge is -2.31. The number of ether oxygens (including phenoxy) is 1. The number of nitrogens with zero attached hydrogens (tertiary/aromatic N) is 2. The Balaban J connectivity index is 1.44. The van der Waals surface area contributed by atoms with E-state index >= 15 is 4.39 Å². The van der Waals surface area contributed by atoms with Crippen molar-refractivity contribution < 1.29 is 19.0 Å². The molecule has 6 rings (SSSR count). The Morgan fingerprint density at radius 1 is 1.10 bits per heavy atom. The van der Waals surface area contributed by atoms with Gasteiger partial charge in [-0.1, -0.05) is 63.1 Å². The maximum absolute atomic E-state index is 15.7. The minimum atomic E-state index is -0.813. The van der Waals surface area contributed by atoms with Gasteiger partial charge in [0.1, 0.15) is 10.8 Å². The SMILES string of the molecule is CC1(C)CCCCC(C)(c2cccc(CCC(=O)O)c2)c2csc(n2)-c2cccc(c2)Oc2c(F)cc3[nH]ccc3c2CN(N)/C=C/1N. The molecular formula is C38H42FN5O3S. The van der Waals surface area contributed by atoms with Gasteiger partial charge in [-0.15, -0.1) is 11.3 Å². The number of fused-ring (bicyclic) bond motifs is 8. The maximum Gasteiger partial charge on any atom is 0.303 e. The number of aromatic nitrogens is 2. The summed E-state index contributed by atoms with van der Waals surface area (Å²) in [5, 5.41) is 14.5. The third-order valence-electron chi connectivity index (χ3n) is 9.58. The van der Waals surface area contributed by atoms with Gasteiger partial charge in [-0.3, -0.25) is 4.79 Å². The number of allylic oxidation sites excluding steroid dienone is 1. The number of H-pyrrole nitrogens is 1. The number of thiazole rings is 1. The number of hydrazine groups is 1. The van der Waals surface area contributed by atoms with E-state index in [4.69, 9.17) is 21.3 Å². The molecule has 2 aromatic heterocycles. The first-order chi connectivity index (χ1) is 22.9. The lowest BCUT2D eigenvalue weighted by molar-refractivity contribution is -0.136. The number of hydrogen-bond donors (Lipinski definition) is 4. The molecule has 1 aliphatic rings. The minimum absolute atomic E-state index is 0.0775. The number of carbonyl (C=O) groups is 1. The van der Waals surface area contributed by atoms with Crippen molar-refractivity contribution in [3.05, 3.63) is 112 Å². The van der Waals surface area contributed by atoms with Crippen LogP contribution in [0, 0.1) is 11.2 Å². The van der Waals surface area contributed by atoms with Crippen molar-refractivity contribution in [3.8, 4) is 22.1 Å². The topological polar surface area (TPSA) is 130 Å². The van der Waals surface area contributed by atoms with Crippen LogP contribution in [0.5, 0.6) is 11.5 Å². The summed E-state index contributed by atoms with van der Waals surface area (Å²) < 4.78 is 22.0. The molecule has 5 aromatic rings. The Bertz CT molecular complexity index is 1980. The van der Waals surface area contributed by atoms with E-state index in [2.05, 4.69) is 43.3 Å². The Kier molecular flexibility index (Phi) is 9.31. The number of nitrogens with two attached hydrogens (primary N) is 2. The van der Waals surface area contributed by atoms with E-state index in [1.54, 1.807) is 29.8 Å². The van der Waals surface area contributed by atoms with Crippen LogP contribution in [0.15, 0.2) is 84.1 Å². The van der Waals surface area contributed by atoms with Crippen LogP contribution in [0.1, 0.15) is 75.3 Å². The van der Waals surface area contributed by atoms with E-state index in [1.165, 1.54) is 11.1 Å². The number of aromatic amines is 1. The van der Waals surface area contributed by atoms with E-state index in [-0.39, 0.29) is 24.1 Å². The van der Waals surface area contributed by atoms with Crippen LogP contribution in [0.4, 0.5) is 4.39 Å². The predicted molar refractivity (Wildman–Crippen MR) is 189 cm³/mol. The zero-order chi connectivity index (χ0) is 34.1. The Labute approximate surface area is 284 Å². The van der Waals surface area contributed by atoms with Crippen molar-refractivity contribution in [1.82, 2.24) is 15.0 Å². The molecule has 0 spiro atoms. The number of hydrogen-bond acceptors (Lipinski definition) is 7. The second kappa shape index (κ2) is 13.4. The molecule has 3 aromatic carbocycles. The number of nitrogens with one attached hydrogen (secondary N) is 1. The summed E-state index contributed by atoms with van der Waals surface area (Å²) in [6.07, 6.45) is 7.57. The first kappa shape index (κ1) is 33.2. The van der Waals surface area contributed by atoms with Crippen LogP contribution in [-0.2, 0) is 23.2 Å². The van der Waals surface area contributed by atoms with Gasteiger partial charge in [0.05, 0.1) is 12.2 Å². The third kappa shape index (κ3) is 6.95. The Morgan fingerprint density at radius 3 is 2.71 bits per heavy atom. The average Bonchev–Trinajstić information content (AvgIpc) is 3.74. The summed E-state index contributed by atoms with van der Waals surface area (Å²) >= 11 is 1.56. The van der Waals surface area contributed by atoms with Crippen molar-refractivity contribution in [2.75, 3.05) is 0 Å². The molecule has 1 aliphatic heterocycles. The summed E-state index contributed by atoms with van der Waals surface area (Å²) in [6.45, 7) is 6.62. The highest BCUT2D eigenvalue weighted by Gasteiger charge is 2.32. The van der Waals surface area contributed by atoms with Gasteiger partial charge < -0.3 is 25.6 Å². The van der Waals surface area contributed by atoms with E-state index in [9.17, 15) is 9.90 Å². The van der Waals surface area contributed by atoms with Crippen molar-refractivity contribution in [1.29, 1.82) is 0 Å². The van der Waals surface area contributed by atoms with Crippen molar-refractivity contribution in [2.45, 2.75) is 71.3 Å². The van der Waals surface area contributed by atoms with Crippen molar-refractivity contribution in [3.63, 3.8) is 0 Å². The molecule has 4 bridgehead atoms. The van der Waals surface area contributed by atoms with Gasteiger partial charge in [-0.25, -0.2) is 15.2 Å². The van der Waals surface area contributed by atoms with Crippen LogP contribution >= 0.6 is 11.3 Å². The van der Waals surface area contributed by atoms with Crippen LogP contribution < -0.4 is 16.3 Å². The number of rotatable bonds is 4. The van der Waals surface area contributed by atoms with Gasteiger partial charge in [-0.05, 0) is 55.5 Å². The summed E-state index contributed by atoms with van der Waals surface area (Å²) in [5.74, 6) is 5.80. The summed E-state index contributed by atoms with van der Waals surface area (Å²) in [5.41, 5.74) is 11.7. The van der Waals surface area contributed by atoms with Crippen molar-refractivity contribution >= 4 is 28.2 Å². The van der Waals surface area contributed by atoms with E-state index in [0.29, 0.717) is 28.9 Å². The smallest absolute Gasteiger partial charge is 0.303 e. The van der Waals surface area contributed by atoms with Gasteiger partial charge in [0.2, 0.25) is 0 Å². The van der Waals surface area contributed by atoms with Crippen LogP contribution in [0.2, 0.25) is 0 Å². The number of carboxylic acid groups (broad SMARTS) is 1. The van der Waals surface area contributed by atoms with Crippen LogP contribution in [0.3, 0.4) is 0 Å². The summed E-state index contributed by atoms with van der Waals surface area (Å²) in [6, 6.07) is 19.1. The molecule has 8 nitrogen and oxygen atoms in total. The number of aliphatic carboxylic acids is 1. The van der Waals surface area contributed by atoms with Crippen LogP contribution in [0.25, 0.3) is 21.5 Å². The Morgan fingerprint density at radius 2 is 1.90 bits per heavy atom. The first-order valence-electron chi connectivity index (χ1n) is 16.3. The van der Waals surface area contributed by atoms with Crippen LogP contribution in [-0.4, -0.2) is 26.1 Å². The largest absolute Gasteiger partial charge is 0.481 e. The summed E-state index contributed by atoms with van der Waals surface area (Å²) in [7, 11) is 0. The molecule has 1 unspecified atom stereocenters. The fourth-order valence-electron chi connectivity index (χ4n) is 6.47. The molecular weight excluding hydrogens is 626 g/mol. The van der Waals surface area contributed by atoms with Gasteiger partial charge in [0, 0.05) is 68.8 Å². The highest BCUT2D eigenvalue weighted by Crippen LogP contribution is 2.42. The quantitative estimate of drug-likeness (QED) is 0.141. The lowest BCUT2D eigenvalue weighted by atomic mass is 9.74. The first-order valence-corrected chi connectivity index (χ1v) is 17.1. The highest BCUT2D eigenvalue weighted by molar-refractivity contribution is 7.13. The highest BCUT2D eigenvalue weighted by atomic mass is 32.1. The third-order valence-corrected chi connectivity index (χ3v) is 10.5. The second-order valence-corrected chi connectivity index (χ2v) is 14.4. The van der Waals surface area contributed by atoms with Gasteiger partial charge in [0.15, 0.2) is 11.6 Å². The molecule has 0 amide bonds. The lowest BCUT2D eigenvalue weighted by Crippen LogP contribution is -2.30. The Hall–Kier alpha value is -4.67. The fourth-order valence-corrected chi connectivity index (χ4v) is 7.42. The monoisotopic (exact) mass is 667 g/mol. The molecule has 250 valence electrons. The molecule has 0 saturated carbocycles. The van der Waals surface area contributed by atoms with Gasteiger partial charge in [0.25, 0.3) is 0 Å². The number of aryl methyl sites for hydroxylation is 1. The minimum Gasteiger partial charge on any atom is -0.481 e. The number of benzene rings is 3. The molecule has 3 heterocycles. The molecule has 0 aliphatic carbocycles. The fraction of sp³-hybridized carbons (Fsp3) is 0.316. The van der Waals surface area contributed by atoms with E-state index < -0.39 is 17.2 Å². The zero-order valence-electron chi connectivity index (χ0n) is 27.6. The molecule has 1 atom stereocenters. The van der Waals surface area contributed by atoms with Gasteiger partial charge >= 0.3 is 5.97 Å². The number of carboxylic acids is 1. The summed E-state index contributed by atoms with van der Waals surface area (Å²) in [4.78, 5) is 19.6. The normalized spacial score (nSPS) is 19.7. The average molecular weight is 668 g/mol. The molecule has 0 radical (unpaired) electrons.